The Morgan fingerprint density at radius 2 is 0.938 bits per heavy atom. The minimum absolute atomic E-state index is 0.139. The second-order valence-electron chi connectivity index (χ2n) is 10.5. The molecule has 1 nitrogen and oxygen atoms in total. The first kappa shape index (κ1) is 22.4. The van der Waals surface area contributed by atoms with Crippen LogP contribution in [0.25, 0.3) is 10.4 Å². The van der Waals surface area contributed by atoms with Crippen LogP contribution in [-0.2, 0) is 10.8 Å². The maximum Gasteiger partial charge on any atom is 0.0462 e. The van der Waals surface area contributed by atoms with Gasteiger partial charge in [-0.3, -0.25) is 0 Å². The standard InChI is InChI=1S/C30H33NS/c1-29(2,3)23-11-17-26(18-12-23)31(27-19-13-24(14-20-27)30(4,5)6)25-15-9-22(10-16-25)28-8-7-21-32-28/h7-21H,1-6H3. The van der Waals surface area contributed by atoms with E-state index in [2.05, 4.69) is 137 Å². The van der Waals surface area contributed by atoms with Crippen LogP contribution < -0.4 is 4.90 Å². The van der Waals surface area contributed by atoms with Gasteiger partial charge in [0.2, 0.25) is 0 Å². The molecule has 0 atom stereocenters. The van der Waals surface area contributed by atoms with E-state index in [4.69, 9.17) is 0 Å². The molecular weight excluding hydrogens is 406 g/mol. The SMILES string of the molecule is CC(C)(C)c1ccc(N(c2ccc(-c3cccs3)cc2)c2ccc(C(C)(C)C)cc2)cc1. The molecule has 0 unspecified atom stereocenters. The van der Waals surface area contributed by atoms with Crippen LogP contribution in [0.2, 0.25) is 0 Å². The number of anilines is 3. The largest absolute Gasteiger partial charge is 0.311 e. The molecule has 4 aromatic rings. The number of thiophene rings is 1. The van der Waals surface area contributed by atoms with Gasteiger partial charge in [-0.2, -0.15) is 0 Å². The molecule has 0 bridgehead atoms. The lowest BCUT2D eigenvalue weighted by atomic mass is 9.86. The van der Waals surface area contributed by atoms with Crippen LogP contribution in [0.5, 0.6) is 0 Å². The molecule has 4 rings (SSSR count). The zero-order chi connectivity index (χ0) is 22.9. The third-order valence-electron chi connectivity index (χ3n) is 5.91. The van der Waals surface area contributed by atoms with E-state index in [1.165, 1.54) is 32.9 Å². The van der Waals surface area contributed by atoms with Crippen LogP contribution in [0.3, 0.4) is 0 Å². The summed E-state index contributed by atoms with van der Waals surface area (Å²) in [6.07, 6.45) is 0. The van der Waals surface area contributed by atoms with Crippen molar-refractivity contribution in [3.63, 3.8) is 0 Å². The van der Waals surface area contributed by atoms with Crippen molar-refractivity contribution < 1.29 is 0 Å². The highest BCUT2D eigenvalue weighted by molar-refractivity contribution is 7.13. The summed E-state index contributed by atoms with van der Waals surface area (Å²) in [5.74, 6) is 0. The third-order valence-corrected chi connectivity index (χ3v) is 6.83. The van der Waals surface area contributed by atoms with Gasteiger partial charge >= 0.3 is 0 Å². The molecule has 0 saturated carbocycles. The van der Waals surface area contributed by atoms with Crippen molar-refractivity contribution in [3.05, 3.63) is 101 Å². The molecule has 0 radical (unpaired) electrons. The lowest BCUT2D eigenvalue weighted by Crippen LogP contribution is -2.14. The Morgan fingerprint density at radius 1 is 0.531 bits per heavy atom. The molecule has 0 spiro atoms. The van der Waals surface area contributed by atoms with Crippen LogP contribution in [0.15, 0.2) is 90.3 Å². The number of nitrogens with zero attached hydrogens (tertiary/aromatic N) is 1. The molecule has 0 amide bonds. The van der Waals surface area contributed by atoms with Gasteiger partial charge in [0, 0.05) is 21.9 Å². The molecule has 1 heterocycles. The minimum Gasteiger partial charge on any atom is -0.311 e. The summed E-state index contributed by atoms with van der Waals surface area (Å²) in [5, 5.41) is 2.13. The average molecular weight is 440 g/mol. The first-order chi connectivity index (χ1) is 15.1. The molecule has 0 aliphatic heterocycles. The fraction of sp³-hybridized carbons (Fsp3) is 0.267. The Morgan fingerprint density at radius 3 is 1.28 bits per heavy atom. The second kappa shape index (κ2) is 8.60. The van der Waals surface area contributed by atoms with Crippen molar-refractivity contribution >= 4 is 28.4 Å². The minimum atomic E-state index is 0.139. The maximum absolute atomic E-state index is 2.34. The van der Waals surface area contributed by atoms with Crippen LogP contribution >= 0.6 is 11.3 Å². The molecule has 164 valence electrons. The van der Waals surface area contributed by atoms with Crippen LogP contribution in [-0.4, -0.2) is 0 Å². The van der Waals surface area contributed by atoms with Crippen molar-refractivity contribution in [3.8, 4) is 10.4 Å². The summed E-state index contributed by atoms with van der Waals surface area (Å²) < 4.78 is 0. The summed E-state index contributed by atoms with van der Waals surface area (Å²) in [4.78, 5) is 3.64. The van der Waals surface area contributed by atoms with Crippen LogP contribution in [0, 0.1) is 0 Å². The molecule has 0 N–H and O–H groups in total. The predicted octanol–water partition coefficient (Wildman–Crippen LogP) is 9.48. The van der Waals surface area contributed by atoms with E-state index in [1.807, 2.05) is 0 Å². The Kier molecular flexibility index (Phi) is 6.01. The van der Waals surface area contributed by atoms with E-state index in [0.717, 1.165) is 5.69 Å². The number of hydrogen-bond acceptors (Lipinski definition) is 2. The molecule has 0 fully saturated rings. The molecule has 0 saturated heterocycles. The van der Waals surface area contributed by atoms with Gasteiger partial charge in [0.1, 0.15) is 0 Å². The summed E-state index contributed by atoms with van der Waals surface area (Å²) in [6.45, 7) is 13.5. The van der Waals surface area contributed by atoms with Gasteiger partial charge in [-0.25, -0.2) is 0 Å². The summed E-state index contributed by atoms with van der Waals surface area (Å²) >= 11 is 1.78. The van der Waals surface area contributed by atoms with Gasteiger partial charge in [0.25, 0.3) is 0 Å². The highest BCUT2D eigenvalue weighted by Gasteiger charge is 2.18. The van der Waals surface area contributed by atoms with Crippen molar-refractivity contribution in [2.45, 2.75) is 52.4 Å². The van der Waals surface area contributed by atoms with E-state index in [-0.39, 0.29) is 10.8 Å². The van der Waals surface area contributed by atoms with Gasteiger partial charge in [-0.15, -0.1) is 11.3 Å². The van der Waals surface area contributed by atoms with E-state index in [0.29, 0.717) is 0 Å². The maximum atomic E-state index is 2.34. The summed E-state index contributed by atoms with van der Waals surface area (Å²) in [5.41, 5.74) is 7.73. The van der Waals surface area contributed by atoms with Gasteiger partial charge in [-0.05, 0) is 75.4 Å². The topological polar surface area (TPSA) is 3.24 Å². The normalized spacial score (nSPS) is 12.1. The van der Waals surface area contributed by atoms with Crippen molar-refractivity contribution in [1.82, 2.24) is 0 Å². The zero-order valence-electron chi connectivity index (χ0n) is 20.0. The van der Waals surface area contributed by atoms with Crippen molar-refractivity contribution in [2.75, 3.05) is 4.90 Å². The molecule has 0 aliphatic carbocycles. The molecule has 0 aliphatic rings. The fourth-order valence-corrected chi connectivity index (χ4v) is 4.62. The molecular formula is C30H33NS. The highest BCUT2D eigenvalue weighted by Crippen LogP contribution is 2.38. The monoisotopic (exact) mass is 439 g/mol. The Bertz CT molecular complexity index is 1080. The quantitative estimate of drug-likeness (QED) is 0.306. The van der Waals surface area contributed by atoms with E-state index in [9.17, 15) is 0 Å². The molecule has 1 aromatic heterocycles. The summed E-state index contributed by atoms with van der Waals surface area (Å²) in [6, 6.07) is 31.2. The van der Waals surface area contributed by atoms with Crippen LogP contribution in [0.1, 0.15) is 52.7 Å². The lowest BCUT2D eigenvalue weighted by Gasteiger charge is -2.28. The first-order valence-corrected chi connectivity index (χ1v) is 12.2. The lowest BCUT2D eigenvalue weighted by molar-refractivity contribution is 0.590. The summed E-state index contributed by atoms with van der Waals surface area (Å²) in [7, 11) is 0. The fourth-order valence-electron chi connectivity index (χ4n) is 3.89. The van der Waals surface area contributed by atoms with E-state index >= 15 is 0 Å². The molecule has 3 aromatic carbocycles. The molecule has 32 heavy (non-hydrogen) atoms. The highest BCUT2D eigenvalue weighted by atomic mass is 32.1. The smallest absolute Gasteiger partial charge is 0.0462 e. The first-order valence-electron chi connectivity index (χ1n) is 11.3. The number of benzene rings is 3. The average Bonchev–Trinajstić information content (AvgIpc) is 3.29. The van der Waals surface area contributed by atoms with Gasteiger partial charge in [0.05, 0.1) is 0 Å². The molecule has 2 heteroatoms. The van der Waals surface area contributed by atoms with Crippen molar-refractivity contribution in [1.29, 1.82) is 0 Å². The third kappa shape index (κ3) is 4.81. The zero-order valence-corrected chi connectivity index (χ0v) is 20.8. The second-order valence-corrected chi connectivity index (χ2v) is 11.4. The predicted molar refractivity (Wildman–Crippen MR) is 142 cm³/mol. The van der Waals surface area contributed by atoms with Crippen LogP contribution in [0.4, 0.5) is 17.1 Å². The number of rotatable bonds is 4. The van der Waals surface area contributed by atoms with E-state index < -0.39 is 0 Å². The Hall–Kier alpha value is -2.84. The number of hydrogen-bond donors (Lipinski definition) is 0. The van der Waals surface area contributed by atoms with Gasteiger partial charge < -0.3 is 4.90 Å². The van der Waals surface area contributed by atoms with Crippen molar-refractivity contribution in [2.24, 2.45) is 0 Å². The van der Waals surface area contributed by atoms with E-state index in [1.54, 1.807) is 11.3 Å². The van der Waals surface area contributed by atoms with Gasteiger partial charge in [-0.1, -0.05) is 84.0 Å². The Labute approximate surface area is 197 Å². The Balaban J connectivity index is 1.76. The van der Waals surface area contributed by atoms with Gasteiger partial charge in [0.15, 0.2) is 0 Å².